The van der Waals surface area contributed by atoms with Crippen LogP contribution in [-0.2, 0) is 9.59 Å². The van der Waals surface area contributed by atoms with E-state index in [9.17, 15) is 19.8 Å². The van der Waals surface area contributed by atoms with E-state index in [0.717, 1.165) is 69.1 Å². The van der Waals surface area contributed by atoms with Crippen molar-refractivity contribution in [2.75, 3.05) is 0 Å². The van der Waals surface area contributed by atoms with Gasteiger partial charge in [-0.05, 0) is 110 Å². The predicted molar refractivity (Wildman–Crippen MR) is 158 cm³/mol. The number of nitrogens with zero attached hydrogens (tertiary/aromatic N) is 4. The van der Waals surface area contributed by atoms with Gasteiger partial charge in [0, 0.05) is 6.42 Å². The van der Waals surface area contributed by atoms with Gasteiger partial charge in [-0.15, -0.1) is 0 Å². The Morgan fingerprint density at radius 3 is 1.40 bits per heavy atom. The molecule has 0 amide bonds. The van der Waals surface area contributed by atoms with Gasteiger partial charge in [-0.3, -0.25) is 4.79 Å². The van der Waals surface area contributed by atoms with Crippen LogP contribution in [0.25, 0.3) is 0 Å². The lowest BCUT2D eigenvalue weighted by atomic mass is 9.97. The molecule has 2 N–H and O–H groups in total. The van der Waals surface area contributed by atoms with E-state index in [1.807, 2.05) is 32.1 Å². The first-order valence-electron chi connectivity index (χ1n) is 13.5. The summed E-state index contributed by atoms with van der Waals surface area (Å²) in [4.78, 5) is 43.3. The highest BCUT2D eigenvalue weighted by atomic mass is 16.4. The van der Waals surface area contributed by atoms with Crippen LogP contribution in [0.15, 0.2) is 112 Å². The predicted octanol–water partition coefficient (Wildman–Crippen LogP) is 6.39. The molecule has 5 rings (SSSR count). The van der Waals surface area contributed by atoms with Gasteiger partial charge in [0.1, 0.15) is 0 Å². The summed E-state index contributed by atoms with van der Waals surface area (Å²) in [6.45, 7) is 11.9. The van der Waals surface area contributed by atoms with Gasteiger partial charge < -0.3 is 10.2 Å². The van der Waals surface area contributed by atoms with Crippen LogP contribution in [0.3, 0.4) is 0 Å². The summed E-state index contributed by atoms with van der Waals surface area (Å²) >= 11 is 0. The molecule has 5 aliphatic heterocycles. The van der Waals surface area contributed by atoms with Crippen molar-refractivity contribution in [3.63, 3.8) is 0 Å². The van der Waals surface area contributed by atoms with Crippen LogP contribution in [0, 0.1) is 0 Å². The van der Waals surface area contributed by atoms with Crippen LogP contribution in [-0.4, -0.2) is 45.0 Å². The molecule has 0 aromatic carbocycles. The smallest absolute Gasteiger partial charge is 0.338 e. The molecule has 0 saturated carbocycles. The minimum Gasteiger partial charge on any atom is -0.481 e. The van der Waals surface area contributed by atoms with E-state index in [2.05, 4.69) is 20.8 Å². The van der Waals surface area contributed by atoms with Gasteiger partial charge in [0.2, 0.25) is 0 Å². The Morgan fingerprint density at radius 2 is 0.975 bits per heavy atom. The standard InChI is InChI=1S/C32H32N4O4/c1-7-19-16(4)23-12-28-21(9-10-30(37)38)17(5)24(35-28)14-29-31(32(39)40)18(6)25(36-29)13-27-20(8-2)15(3)22(33-27)11-26(19)34-23/h11-14H,7-10H2,1-6H3,(H,37,38)(H,39,40). The number of aliphatic carboxylic acids is 2. The Labute approximate surface area is 233 Å². The Hall–Kier alpha value is -4.46. The lowest BCUT2D eigenvalue weighted by Crippen LogP contribution is -2.09. The molecular weight excluding hydrogens is 504 g/mol. The molecule has 5 heterocycles. The highest BCUT2D eigenvalue weighted by Gasteiger charge is 2.30. The Bertz CT molecular complexity index is 1670. The summed E-state index contributed by atoms with van der Waals surface area (Å²) < 4.78 is 0. The third-order valence-corrected chi connectivity index (χ3v) is 8.02. The summed E-state index contributed by atoms with van der Waals surface area (Å²) in [7, 11) is 0. The molecule has 0 fully saturated rings. The van der Waals surface area contributed by atoms with Crippen molar-refractivity contribution in [2.45, 2.75) is 67.2 Å². The van der Waals surface area contributed by atoms with E-state index in [1.54, 1.807) is 13.0 Å². The Kier molecular flexibility index (Phi) is 6.96. The average Bonchev–Trinajstić information content (AvgIpc) is 3.56. The van der Waals surface area contributed by atoms with Crippen molar-refractivity contribution >= 4 is 34.8 Å². The van der Waals surface area contributed by atoms with Gasteiger partial charge in [0.25, 0.3) is 0 Å². The second kappa shape index (κ2) is 10.3. The van der Waals surface area contributed by atoms with Crippen molar-refractivity contribution in [3.05, 3.63) is 91.7 Å². The summed E-state index contributed by atoms with van der Waals surface area (Å²) in [6.07, 6.45) is 9.31. The van der Waals surface area contributed by atoms with Gasteiger partial charge in [0.15, 0.2) is 0 Å². The molecule has 0 aliphatic carbocycles. The van der Waals surface area contributed by atoms with E-state index < -0.39 is 11.9 Å². The number of rotatable bonds is 6. The van der Waals surface area contributed by atoms with Gasteiger partial charge in [-0.2, -0.15) is 0 Å². The Balaban J connectivity index is 1.80. The summed E-state index contributed by atoms with van der Waals surface area (Å²) in [5.74, 6) is -1.96. The average molecular weight is 537 g/mol. The number of allylic oxidation sites excluding steroid dienone is 11. The first-order valence-corrected chi connectivity index (χ1v) is 13.5. The molecular formula is C32H32N4O4. The zero-order valence-electron chi connectivity index (χ0n) is 23.6. The van der Waals surface area contributed by atoms with Gasteiger partial charge in [-0.25, -0.2) is 24.8 Å². The number of hydrogen-bond donors (Lipinski definition) is 2. The lowest BCUT2D eigenvalue weighted by Gasteiger charge is -2.05. The molecule has 0 aromatic rings. The van der Waals surface area contributed by atoms with Crippen molar-refractivity contribution in [1.29, 1.82) is 0 Å². The van der Waals surface area contributed by atoms with Crippen molar-refractivity contribution < 1.29 is 19.8 Å². The highest BCUT2D eigenvalue weighted by Crippen LogP contribution is 2.37. The van der Waals surface area contributed by atoms with Gasteiger partial charge in [-0.1, -0.05) is 13.8 Å². The SMILES string of the molecule is CCC1=C(C)C2=CC3=NC(=CC4=NC(=CC5=NC(=CC1=N2)C(C)=C5CC)C(C)=C4C(=O)O)C(C)=C3CCC(=O)O. The summed E-state index contributed by atoms with van der Waals surface area (Å²) in [5, 5.41) is 19.5. The number of carboxylic acid groups (broad SMARTS) is 2. The fraction of sp³-hybridized carbons (Fsp3) is 0.312. The van der Waals surface area contributed by atoms with Crippen LogP contribution in [0.5, 0.6) is 0 Å². The minimum absolute atomic E-state index is 0.0451. The highest BCUT2D eigenvalue weighted by molar-refractivity contribution is 6.28. The molecule has 8 nitrogen and oxygen atoms in total. The normalized spacial score (nSPS) is 20.4. The topological polar surface area (TPSA) is 124 Å². The molecule has 8 heteroatoms. The van der Waals surface area contributed by atoms with E-state index in [4.69, 9.17) is 20.0 Å². The molecule has 0 unspecified atom stereocenters. The minimum atomic E-state index is -1.07. The molecule has 0 radical (unpaired) electrons. The van der Waals surface area contributed by atoms with Crippen LogP contribution < -0.4 is 0 Å². The second-order valence-electron chi connectivity index (χ2n) is 10.3. The molecule has 204 valence electrons. The number of aliphatic imine (C=N–C) groups is 4. The Morgan fingerprint density at radius 1 is 0.600 bits per heavy atom. The second-order valence-corrected chi connectivity index (χ2v) is 10.3. The van der Waals surface area contributed by atoms with Gasteiger partial charge >= 0.3 is 11.9 Å². The summed E-state index contributed by atoms with van der Waals surface area (Å²) in [6, 6.07) is 0. The molecule has 0 spiro atoms. The number of carboxylic acids is 2. The van der Waals surface area contributed by atoms with Gasteiger partial charge in [0.05, 0.1) is 51.2 Å². The molecule has 0 aromatic heterocycles. The maximum atomic E-state index is 12.3. The summed E-state index contributed by atoms with van der Waals surface area (Å²) in [5.41, 5.74) is 11.9. The van der Waals surface area contributed by atoms with Crippen molar-refractivity contribution in [1.82, 2.24) is 0 Å². The molecule has 40 heavy (non-hydrogen) atoms. The maximum absolute atomic E-state index is 12.3. The zero-order valence-corrected chi connectivity index (χ0v) is 23.6. The fourth-order valence-electron chi connectivity index (χ4n) is 5.73. The number of hydrogen-bond acceptors (Lipinski definition) is 6. The van der Waals surface area contributed by atoms with Crippen LogP contribution in [0.4, 0.5) is 0 Å². The molecule has 8 bridgehead atoms. The largest absolute Gasteiger partial charge is 0.481 e. The first-order chi connectivity index (χ1) is 19.0. The fourth-order valence-corrected chi connectivity index (χ4v) is 5.73. The third-order valence-electron chi connectivity index (χ3n) is 8.02. The van der Waals surface area contributed by atoms with E-state index >= 15 is 0 Å². The van der Waals surface area contributed by atoms with Crippen LogP contribution in [0.2, 0.25) is 0 Å². The lowest BCUT2D eigenvalue weighted by molar-refractivity contribution is -0.137. The van der Waals surface area contributed by atoms with E-state index in [-0.39, 0.29) is 12.0 Å². The van der Waals surface area contributed by atoms with Crippen LogP contribution >= 0.6 is 0 Å². The molecule has 0 saturated heterocycles. The number of carbonyl (C=O) groups is 2. The zero-order chi connectivity index (χ0) is 28.9. The quantitative estimate of drug-likeness (QED) is 0.408. The monoisotopic (exact) mass is 536 g/mol. The van der Waals surface area contributed by atoms with Crippen LogP contribution in [0.1, 0.15) is 67.2 Å². The number of fused-ring (bicyclic) bond motifs is 4. The van der Waals surface area contributed by atoms with E-state index in [1.165, 1.54) is 0 Å². The maximum Gasteiger partial charge on any atom is 0.338 e. The van der Waals surface area contributed by atoms with Crippen molar-refractivity contribution in [2.24, 2.45) is 20.0 Å². The first kappa shape index (κ1) is 27.1. The third kappa shape index (κ3) is 4.53. The van der Waals surface area contributed by atoms with E-state index in [0.29, 0.717) is 34.8 Å². The molecule has 5 aliphatic rings. The van der Waals surface area contributed by atoms with Crippen molar-refractivity contribution in [3.8, 4) is 0 Å². The molecule has 0 atom stereocenters.